The number of nitrogens with zero attached hydrogens (tertiary/aromatic N) is 5. The molecule has 0 unspecified atom stereocenters. The highest BCUT2D eigenvalue weighted by molar-refractivity contribution is 5.68. The molecule has 0 saturated carbocycles. The number of aryl methyl sites for hydroxylation is 1. The van der Waals surface area contributed by atoms with Crippen molar-refractivity contribution in [1.29, 1.82) is 0 Å². The highest BCUT2D eigenvalue weighted by Crippen LogP contribution is 2.38. The summed E-state index contributed by atoms with van der Waals surface area (Å²) in [7, 11) is 1.34. The van der Waals surface area contributed by atoms with Crippen molar-refractivity contribution in [3.8, 4) is 11.1 Å². The first-order valence-corrected chi connectivity index (χ1v) is 11.2. The average molecular weight is 577 g/mol. The van der Waals surface area contributed by atoms with E-state index in [-0.39, 0.29) is 23.1 Å². The van der Waals surface area contributed by atoms with Crippen molar-refractivity contribution in [2.45, 2.75) is 31.6 Å². The van der Waals surface area contributed by atoms with Gasteiger partial charge < -0.3 is 4.90 Å². The van der Waals surface area contributed by atoms with Gasteiger partial charge in [0.05, 0.1) is 23.7 Å². The third-order valence-corrected chi connectivity index (χ3v) is 5.75. The van der Waals surface area contributed by atoms with Gasteiger partial charge in [-0.3, -0.25) is 0 Å². The zero-order valence-electron chi connectivity index (χ0n) is 20.2. The fourth-order valence-corrected chi connectivity index (χ4v) is 3.95. The topological polar surface area (TPSA) is 46.8 Å². The summed E-state index contributed by atoms with van der Waals surface area (Å²) >= 11 is 0. The molecule has 15 heteroatoms. The van der Waals surface area contributed by atoms with E-state index in [2.05, 4.69) is 15.4 Å². The van der Waals surface area contributed by atoms with Crippen LogP contribution >= 0.6 is 0 Å². The molecule has 0 aliphatic rings. The van der Waals surface area contributed by atoms with Gasteiger partial charge in [-0.05, 0) is 69.9 Å². The molecule has 0 atom stereocenters. The second kappa shape index (κ2) is 10.4. The molecular formula is C25H17F10N5. The van der Waals surface area contributed by atoms with Crippen LogP contribution in [-0.2, 0) is 38.7 Å². The standard InChI is InChI=1S/C25H17F10N5/c1-39-37-22(36-38-39)40(12-14-8-18(24(30,31)32)11-19(9-14)25(33,34)35)13-16-10-17(23(27,28)29)4-7-21(16)15-2-5-20(26)6-3-15/h2-11H,12-13H2,1H3. The summed E-state index contributed by atoms with van der Waals surface area (Å²) in [5.74, 6) is -0.872. The maximum absolute atomic E-state index is 13.6. The number of halogens is 10. The van der Waals surface area contributed by atoms with E-state index in [0.717, 1.165) is 40.0 Å². The molecule has 5 nitrogen and oxygen atoms in total. The van der Waals surface area contributed by atoms with Gasteiger partial charge in [0.15, 0.2) is 0 Å². The molecule has 0 amide bonds. The first kappa shape index (κ1) is 28.8. The van der Waals surface area contributed by atoms with Gasteiger partial charge in [-0.2, -0.15) is 44.3 Å². The predicted octanol–water partition coefficient (Wildman–Crippen LogP) is 7.28. The summed E-state index contributed by atoms with van der Waals surface area (Å²) in [6.07, 6.45) is -15.0. The Hall–Kier alpha value is -4.17. The van der Waals surface area contributed by atoms with Crippen LogP contribution < -0.4 is 4.90 Å². The Morgan fingerprint density at radius 2 is 1.27 bits per heavy atom. The van der Waals surface area contributed by atoms with Gasteiger partial charge in [-0.25, -0.2) is 4.39 Å². The minimum Gasteiger partial charge on any atom is -0.330 e. The van der Waals surface area contributed by atoms with Crippen LogP contribution in [0.2, 0.25) is 0 Å². The van der Waals surface area contributed by atoms with Crippen LogP contribution in [0, 0.1) is 5.82 Å². The Morgan fingerprint density at radius 3 is 1.77 bits per heavy atom. The third kappa shape index (κ3) is 6.69. The molecule has 0 saturated heterocycles. The quantitative estimate of drug-likeness (QED) is 0.226. The lowest BCUT2D eigenvalue weighted by atomic mass is 9.96. The van der Waals surface area contributed by atoms with Gasteiger partial charge >= 0.3 is 18.5 Å². The number of anilines is 1. The van der Waals surface area contributed by atoms with Crippen LogP contribution in [-0.4, -0.2) is 20.2 Å². The van der Waals surface area contributed by atoms with Crippen molar-refractivity contribution in [3.63, 3.8) is 0 Å². The van der Waals surface area contributed by atoms with Crippen LogP contribution in [0.5, 0.6) is 0 Å². The first-order chi connectivity index (χ1) is 18.5. The molecule has 0 spiro atoms. The Bertz CT molecular complexity index is 1460. The fraction of sp³-hybridized carbons (Fsp3) is 0.240. The van der Waals surface area contributed by atoms with E-state index in [1.165, 1.54) is 19.2 Å². The molecule has 1 heterocycles. The number of alkyl halides is 9. The smallest absolute Gasteiger partial charge is 0.330 e. The van der Waals surface area contributed by atoms with Crippen LogP contribution in [0.15, 0.2) is 60.7 Å². The normalized spacial score (nSPS) is 12.6. The summed E-state index contributed by atoms with van der Waals surface area (Å²) in [5, 5.41) is 11.3. The minimum atomic E-state index is -5.11. The van der Waals surface area contributed by atoms with Crippen LogP contribution in [0.3, 0.4) is 0 Å². The van der Waals surface area contributed by atoms with E-state index < -0.39 is 59.7 Å². The monoisotopic (exact) mass is 577 g/mol. The van der Waals surface area contributed by atoms with Gasteiger partial charge in [0, 0.05) is 13.1 Å². The van der Waals surface area contributed by atoms with Gasteiger partial charge in [0.25, 0.3) is 5.95 Å². The number of aromatic nitrogens is 4. The number of hydrogen-bond acceptors (Lipinski definition) is 4. The zero-order valence-corrected chi connectivity index (χ0v) is 20.2. The van der Waals surface area contributed by atoms with Crippen LogP contribution in [0.4, 0.5) is 49.9 Å². The van der Waals surface area contributed by atoms with E-state index in [9.17, 15) is 43.9 Å². The van der Waals surface area contributed by atoms with Crippen molar-refractivity contribution >= 4 is 5.95 Å². The lowest BCUT2D eigenvalue weighted by Gasteiger charge is -2.24. The van der Waals surface area contributed by atoms with Gasteiger partial charge in [-0.15, -0.1) is 5.10 Å². The molecule has 0 aliphatic carbocycles. The van der Waals surface area contributed by atoms with E-state index >= 15 is 0 Å². The molecule has 3 aromatic carbocycles. The first-order valence-electron chi connectivity index (χ1n) is 11.2. The van der Waals surface area contributed by atoms with Crippen molar-refractivity contribution in [3.05, 3.63) is 94.3 Å². The summed E-state index contributed by atoms with van der Waals surface area (Å²) in [6, 6.07) is 8.50. The summed E-state index contributed by atoms with van der Waals surface area (Å²) < 4.78 is 135. The number of tetrazole rings is 1. The largest absolute Gasteiger partial charge is 0.416 e. The molecule has 0 radical (unpaired) electrons. The molecule has 40 heavy (non-hydrogen) atoms. The number of rotatable bonds is 6. The molecule has 0 fully saturated rings. The van der Waals surface area contributed by atoms with Crippen molar-refractivity contribution < 1.29 is 43.9 Å². The Balaban J connectivity index is 1.83. The summed E-state index contributed by atoms with van der Waals surface area (Å²) in [4.78, 5) is 2.05. The Labute approximate surface area is 219 Å². The van der Waals surface area contributed by atoms with Crippen molar-refractivity contribution in [1.82, 2.24) is 20.2 Å². The number of benzene rings is 3. The van der Waals surface area contributed by atoms with Crippen LogP contribution in [0.1, 0.15) is 27.8 Å². The third-order valence-electron chi connectivity index (χ3n) is 5.75. The fourth-order valence-electron chi connectivity index (χ4n) is 3.95. The minimum absolute atomic E-state index is 0.0306. The molecule has 0 aliphatic heterocycles. The lowest BCUT2D eigenvalue weighted by molar-refractivity contribution is -0.143. The highest BCUT2D eigenvalue weighted by Gasteiger charge is 2.37. The van der Waals surface area contributed by atoms with E-state index in [1.807, 2.05) is 0 Å². The van der Waals surface area contributed by atoms with Gasteiger partial charge in [-0.1, -0.05) is 23.3 Å². The average Bonchev–Trinajstić information content (AvgIpc) is 3.28. The van der Waals surface area contributed by atoms with Crippen molar-refractivity contribution in [2.75, 3.05) is 4.90 Å². The van der Waals surface area contributed by atoms with Crippen LogP contribution in [0.25, 0.3) is 11.1 Å². The summed E-state index contributed by atoms with van der Waals surface area (Å²) in [5.41, 5.74) is -4.14. The molecule has 4 rings (SSSR count). The summed E-state index contributed by atoms with van der Waals surface area (Å²) in [6.45, 7) is -1.14. The predicted molar refractivity (Wildman–Crippen MR) is 122 cm³/mol. The lowest BCUT2D eigenvalue weighted by Crippen LogP contribution is -2.25. The highest BCUT2D eigenvalue weighted by atomic mass is 19.4. The molecule has 1 aromatic heterocycles. The molecule has 0 bridgehead atoms. The SMILES string of the molecule is Cn1nnc(N(Cc2cc(C(F)(F)F)cc(C(F)(F)F)c2)Cc2cc(C(F)(F)F)ccc2-c2ccc(F)cc2)n1. The number of hydrogen-bond donors (Lipinski definition) is 0. The maximum Gasteiger partial charge on any atom is 0.416 e. The second-order valence-corrected chi connectivity index (χ2v) is 8.73. The van der Waals surface area contributed by atoms with E-state index in [1.54, 1.807) is 0 Å². The van der Waals surface area contributed by atoms with E-state index in [4.69, 9.17) is 0 Å². The molecule has 0 N–H and O–H groups in total. The Morgan fingerprint density at radius 1 is 0.700 bits per heavy atom. The van der Waals surface area contributed by atoms with Gasteiger partial charge in [0.2, 0.25) is 0 Å². The van der Waals surface area contributed by atoms with E-state index in [0.29, 0.717) is 17.7 Å². The van der Waals surface area contributed by atoms with Gasteiger partial charge in [0.1, 0.15) is 5.82 Å². The molecule has 212 valence electrons. The molecule has 4 aromatic rings. The molecular weight excluding hydrogens is 560 g/mol. The maximum atomic E-state index is 13.6. The second-order valence-electron chi connectivity index (χ2n) is 8.73. The Kier molecular flexibility index (Phi) is 7.51. The van der Waals surface area contributed by atoms with Crippen molar-refractivity contribution in [2.24, 2.45) is 7.05 Å². The zero-order chi connectivity index (χ0) is 29.5.